The lowest BCUT2D eigenvalue weighted by atomic mass is 9.81. The Hall–Kier alpha value is -3.58. The highest BCUT2D eigenvalue weighted by Crippen LogP contribution is 2.52. The number of methoxy groups -OCH3 is 1. The number of hydroxylamine groups is 1. The van der Waals surface area contributed by atoms with Crippen LogP contribution in [0, 0.1) is 0 Å². The van der Waals surface area contributed by atoms with Gasteiger partial charge in [0.15, 0.2) is 0 Å². The van der Waals surface area contributed by atoms with Gasteiger partial charge in [-0.3, -0.25) is 9.90 Å². The van der Waals surface area contributed by atoms with Crippen LogP contribution in [0.2, 0.25) is 0 Å². The molecule has 3 aromatic carbocycles. The van der Waals surface area contributed by atoms with Crippen LogP contribution in [0.4, 0.5) is 22.7 Å². The quantitative estimate of drug-likeness (QED) is 0.261. The van der Waals surface area contributed by atoms with Crippen molar-refractivity contribution in [1.29, 1.82) is 0 Å². The number of ether oxygens (including phenoxy) is 2. The Labute approximate surface area is 221 Å². The van der Waals surface area contributed by atoms with E-state index < -0.39 is 0 Å². The van der Waals surface area contributed by atoms with E-state index in [2.05, 4.69) is 84.2 Å². The summed E-state index contributed by atoms with van der Waals surface area (Å²) in [5, 5.41) is 1.93. The molecular formula is C30H40N4O3. The van der Waals surface area contributed by atoms with Crippen LogP contribution in [0.1, 0.15) is 36.5 Å². The highest BCUT2D eigenvalue weighted by atomic mass is 16.7. The van der Waals surface area contributed by atoms with Crippen molar-refractivity contribution in [3.05, 3.63) is 65.2 Å². The second-order valence-electron chi connectivity index (χ2n) is 9.86. The van der Waals surface area contributed by atoms with Gasteiger partial charge in [-0.25, -0.2) is 0 Å². The molecule has 0 saturated heterocycles. The van der Waals surface area contributed by atoms with Crippen molar-refractivity contribution in [2.45, 2.75) is 19.8 Å². The summed E-state index contributed by atoms with van der Waals surface area (Å²) >= 11 is 0. The maximum absolute atomic E-state index is 6.54. The summed E-state index contributed by atoms with van der Waals surface area (Å²) in [5.41, 5.74) is 7.55. The fourth-order valence-corrected chi connectivity index (χ4v) is 4.90. The van der Waals surface area contributed by atoms with E-state index in [1.54, 1.807) is 7.11 Å². The minimum absolute atomic E-state index is 0.0592. The zero-order valence-corrected chi connectivity index (χ0v) is 23.6. The van der Waals surface area contributed by atoms with Gasteiger partial charge in [0.05, 0.1) is 25.1 Å². The van der Waals surface area contributed by atoms with Crippen LogP contribution >= 0.6 is 0 Å². The van der Waals surface area contributed by atoms with E-state index in [0.29, 0.717) is 6.61 Å². The topological polar surface area (TPSA) is 40.7 Å². The SMILES string of the molecule is CCON(CC)c1cc(OC)c(C2c3ccc(N(C)C)cc3Oc3cc(N(C)C)ccc32)cc1N(C)C. The van der Waals surface area contributed by atoms with E-state index in [1.807, 2.05) is 40.2 Å². The van der Waals surface area contributed by atoms with Crippen molar-refractivity contribution < 1.29 is 14.3 Å². The van der Waals surface area contributed by atoms with Crippen molar-refractivity contribution in [3.8, 4) is 17.2 Å². The fourth-order valence-electron chi connectivity index (χ4n) is 4.90. The van der Waals surface area contributed by atoms with Gasteiger partial charge in [0.1, 0.15) is 17.2 Å². The van der Waals surface area contributed by atoms with Crippen molar-refractivity contribution in [2.75, 3.05) is 82.3 Å². The smallest absolute Gasteiger partial charge is 0.133 e. The predicted molar refractivity (Wildman–Crippen MR) is 155 cm³/mol. The molecule has 4 rings (SSSR count). The molecule has 37 heavy (non-hydrogen) atoms. The van der Waals surface area contributed by atoms with Crippen LogP contribution in [0.25, 0.3) is 0 Å². The third-order valence-electron chi connectivity index (χ3n) is 6.83. The highest BCUT2D eigenvalue weighted by Gasteiger charge is 2.33. The summed E-state index contributed by atoms with van der Waals surface area (Å²) in [6.07, 6.45) is 0. The first-order valence-corrected chi connectivity index (χ1v) is 12.8. The Morgan fingerprint density at radius 3 is 1.70 bits per heavy atom. The van der Waals surface area contributed by atoms with Gasteiger partial charge in [-0.2, -0.15) is 0 Å². The molecule has 0 fully saturated rings. The Bertz CT molecular complexity index is 1200. The maximum Gasteiger partial charge on any atom is 0.133 e. The molecule has 0 spiro atoms. The molecule has 0 amide bonds. The standard InChI is InChI=1S/C30H40N4O3/c1-10-34(36-11-2)26-19-27(35-9)24(18-25(26)33(7)8)30-22-14-12-20(31(3)4)16-28(22)37-29-17-21(32(5)6)13-15-23(29)30/h12-19,30H,10-11H2,1-9H3. The molecule has 1 heterocycles. The summed E-state index contributed by atoms with van der Waals surface area (Å²) in [5.74, 6) is 2.48. The first-order chi connectivity index (χ1) is 17.7. The first kappa shape index (κ1) is 26.5. The van der Waals surface area contributed by atoms with E-state index in [9.17, 15) is 0 Å². The van der Waals surface area contributed by atoms with Crippen LogP contribution in [0.15, 0.2) is 48.5 Å². The first-order valence-electron chi connectivity index (χ1n) is 12.8. The molecule has 0 N–H and O–H groups in total. The van der Waals surface area contributed by atoms with Gasteiger partial charge >= 0.3 is 0 Å². The Kier molecular flexibility index (Phi) is 7.73. The molecular weight excluding hydrogens is 464 g/mol. The van der Waals surface area contributed by atoms with Gasteiger partial charge in [-0.1, -0.05) is 12.1 Å². The number of hydrogen-bond acceptors (Lipinski definition) is 7. The van der Waals surface area contributed by atoms with E-state index in [1.165, 1.54) is 0 Å². The van der Waals surface area contributed by atoms with Crippen molar-refractivity contribution >= 4 is 22.7 Å². The molecule has 7 nitrogen and oxygen atoms in total. The molecule has 0 unspecified atom stereocenters. The zero-order valence-electron chi connectivity index (χ0n) is 23.6. The van der Waals surface area contributed by atoms with Crippen LogP contribution in [-0.4, -0.2) is 62.5 Å². The largest absolute Gasteiger partial charge is 0.496 e. The predicted octanol–water partition coefficient (Wildman–Crippen LogP) is 5.96. The lowest BCUT2D eigenvalue weighted by molar-refractivity contribution is 0.123. The minimum atomic E-state index is -0.0592. The average molecular weight is 505 g/mol. The molecule has 0 saturated carbocycles. The van der Waals surface area contributed by atoms with E-state index in [-0.39, 0.29) is 5.92 Å². The van der Waals surface area contributed by atoms with E-state index >= 15 is 0 Å². The van der Waals surface area contributed by atoms with Crippen LogP contribution < -0.4 is 29.2 Å². The van der Waals surface area contributed by atoms with Crippen molar-refractivity contribution in [1.82, 2.24) is 0 Å². The van der Waals surface area contributed by atoms with Gasteiger partial charge in [0.2, 0.25) is 0 Å². The van der Waals surface area contributed by atoms with E-state index in [4.69, 9.17) is 14.3 Å². The van der Waals surface area contributed by atoms with Crippen LogP contribution in [-0.2, 0) is 4.84 Å². The number of benzene rings is 3. The molecule has 1 aliphatic rings. The number of anilines is 4. The molecule has 0 aromatic heterocycles. The summed E-state index contributed by atoms with van der Waals surface area (Å²) in [6, 6.07) is 17.2. The van der Waals surface area contributed by atoms with Crippen molar-refractivity contribution in [3.63, 3.8) is 0 Å². The lowest BCUT2D eigenvalue weighted by Gasteiger charge is -2.33. The molecule has 198 valence electrons. The molecule has 0 radical (unpaired) electrons. The average Bonchev–Trinajstić information content (AvgIpc) is 2.88. The van der Waals surface area contributed by atoms with Gasteiger partial charge < -0.3 is 24.2 Å². The number of rotatable bonds is 9. The molecule has 7 heteroatoms. The Morgan fingerprint density at radius 2 is 1.27 bits per heavy atom. The second-order valence-corrected chi connectivity index (χ2v) is 9.86. The number of fused-ring (bicyclic) bond motifs is 2. The molecule has 3 aromatic rings. The zero-order chi connectivity index (χ0) is 26.9. The summed E-state index contributed by atoms with van der Waals surface area (Å²) in [4.78, 5) is 12.3. The second kappa shape index (κ2) is 10.8. The van der Waals surface area contributed by atoms with E-state index in [0.717, 1.165) is 63.2 Å². The van der Waals surface area contributed by atoms with Crippen molar-refractivity contribution in [2.24, 2.45) is 0 Å². The fraction of sp³-hybridized carbons (Fsp3) is 0.400. The maximum atomic E-state index is 6.54. The van der Waals surface area contributed by atoms with Crippen LogP contribution in [0.5, 0.6) is 17.2 Å². The van der Waals surface area contributed by atoms with Gasteiger partial charge in [0, 0.05) is 101 Å². The number of hydrogen-bond donors (Lipinski definition) is 0. The molecule has 0 atom stereocenters. The normalized spacial score (nSPS) is 12.4. The molecule has 1 aliphatic heterocycles. The molecule has 0 bridgehead atoms. The Morgan fingerprint density at radius 1 is 0.703 bits per heavy atom. The summed E-state index contributed by atoms with van der Waals surface area (Å²) < 4.78 is 12.6. The highest BCUT2D eigenvalue weighted by molar-refractivity contribution is 5.76. The lowest BCUT2D eigenvalue weighted by Crippen LogP contribution is -2.26. The summed E-state index contributed by atoms with van der Waals surface area (Å²) in [6.45, 7) is 5.41. The van der Waals surface area contributed by atoms with Crippen LogP contribution in [0.3, 0.4) is 0 Å². The summed E-state index contributed by atoms with van der Waals surface area (Å²) in [7, 11) is 14.0. The molecule has 0 aliphatic carbocycles. The van der Waals surface area contributed by atoms with Gasteiger partial charge in [-0.15, -0.1) is 0 Å². The Balaban J connectivity index is 1.98. The third kappa shape index (κ3) is 5.01. The monoisotopic (exact) mass is 504 g/mol. The minimum Gasteiger partial charge on any atom is -0.496 e. The van der Waals surface area contributed by atoms with Gasteiger partial charge in [-0.05, 0) is 32.0 Å². The van der Waals surface area contributed by atoms with Gasteiger partial charge in [0.25, 0.3) is 0 Å². The third-order valence-corrected chi connectivity index (χ3v) is 6.83. The number of nitrogens with zero attached hydrogens (tertiary/aromatic N) is 4.